The second-order valence-corrected chi connectivity index (χ2v) is 7.51. The number of rotatable bonds is 6. The average Bonchev–Trinajstić information content (AvgIpc) is 2.77. The highest BCUT2D eigenvalue weighted by atomic mass is 16.3. The van der Waals surface area contributed by atoms with Gasteiger partial charge in [0.25, 0.3) is 0 Å². The first kappa shape index (κ1) is 18.9. The van der Waals surface area contributed by atoms with E-state index in [0.717, 1.165) is 38.3 Å². The summed E-state index contributed by atoms with van der Waals surface area (Å²) in [6.07, 6.45) is -0.538. The van der Waals surface area contributed by atoms with Crippen molar-refractivity contribution in [1.82, 2.24) is 9.80 Å². The number of piperazine rings is 1. The van der Waals surface area contributed by atoms with E-state index < -0.39 is 6.10 Å². The fourth-order valence-electron chi connectivity index (χ4n) is 4.12. The molecule has 1 heterocycles. The van der Waals surface area contributed by atoms with Gasteiger partial charge in [-0.05, 0) is 16.7 Å². The van der Waals surface area contributed by atoms with Crippen LogP contribution in [0.3, 0.4) is 0 Å². The van der Waals surface area contributed by atoms with Gasteiger partial charge in [-0.2, -0.15) is 0 Å². The van der Waals surface area contributed by atoms with Gasteiger partial charge >= 0.3 is 0 Å². The van der Waals surface area contributed by atoms with E-state index in [-0.39, 0.29) is 6.04 Å². The van der Waals surface area contributed by atoms with Crippen LogP contribution in [0.1, 0.15) is 28.8 Å². The molecule has 0 saturated carbocycles. The van der Waals surface area contributed by atoms with Gasteiger partial charge in [0, 0.05) is 32.7 Å². The summed E-state index contributed by atoms with van der Waals surface area (Å²) in [6.45, 7) is 4.93. The molecule has 1 fully saturated rings. The third-order valence-electron chi connectivity index (χ3n) is 5.63. The van der Waals surface area contributed by atoms with E-state index in [1.54, 1.807) is 0 Å². The van der Waals surface area contributed by atoms with E-state index in [4.69, 9.17) is 0 Å². The second-order valence-electron chi connectivity index (χ2n) is 7.51. The minimum absolute atomic E-state index is 0.0255. The van der Waals surface area contributed by atoms with Crippen LogP contribution in [0.4, 0.5) is 0 Å². The summed E-state index contributed by atoms with van der Waals surface area (Å²) < 4.78 is 0. The Morgan fingerprint density at radius 1 is 0.643 bits per heavy atom. The van der Waals surface area contributed by atoms with Gasteiger partial charge in [0.05, 0.1) is 12.1 Å². The Balaban J connectivity index is 1.48. The first-order valence-electron chi connectivity index (χ1n) is 10.1. The maximum Gasteiger partial charge on any atom is 0.0986 e. The van der Waals surface area contributed by atoms with Crippen molar-refractivity contribution in [3.63, 3.8) is 0 Å². The number of aliphatic hydroxyl groups excluding tert-OH is 1. The lowest BCUT2D eigenvalue weighted by Crippen LogP contribution is -2.48. The van der Waals surface area contributed by atoms with Crippen LogP contribution in [0.15, 0.2) is 91.0 Å². The van der Waals surface area contributed by atoms with Gasteiger partial charge < -0.3 is 5.11 Å². The van der Waals surface area contributed by atoms with Gasteiger partial charge in [-0.15, -0.1) is 0 Å². The zero-order chi connectivity index (χ0) is 19.2. The van der Waals surface area contributed by atoms with Crippen molar-refractivity contribution in [1.29, 1.82) is 0 Å². The van der Waals surface area contributed by atoms with Gasteiger partial charge in [0.1, 0.15) is 0 Å². The fraction of sp³-hybridized carbons (Fsp3) is 0.280. The number of hydrogen-bond acceptors (Lipinski definition) is 3. The molecule has 3 aromatic rings. The highest BCUT2D eigenvalue weighted by Gasteiger charge is 2.31. The van der Waals surface area contributed by atoms with Gasteiger partial charge in [-0.1, -0.05) is 91.0 Å². The Morgan fingerprint density at radius 2 is 1.14 bits per heavy atom. The molecule has 0 unspecified atom stereocenters. The summed E-state index contributed by atoms with van der Waals surface area (Å²) in [5.74, 6) is 0. The van der Waals surface area contributed by atoms with E-state index in [1.807, 2.05) is 36.4 Å². The van der Waals surface area contributed by atoms with E-state index in [9.17, 15) is 5.11 Å². The predicted octanol–water partition coefficient (Wildman–Crippen LogP) is 4.28. The van der Waals surface area contributed by atoms with Crippen LogP contribution in [0.25, 0.3) is 0 Å². The molecule has 1 aliphatic heterocycles. The predicted molar refractivity (Wildman–Crippen MR) is 114 cm³/mol. The van der Waals surface area contributed by atoms with Crippen LogP contribution in [0.2, 0.25) is 0 Å². The van der Waals surface area contributed by atoms with Gasteiger partial charge in [0.15, 0.2) is 0 Å². The Bertz CT molecular complexity index is 830. The molecule has 0 bridgehead atoms. The Kier molecular flexibility index (Phi) is 6.17. The van der Waals surface area contributed by atoms with E-state index in [0.29, 0.717) is 0 Å². The molecule has 1 aliphatic rings. The van der Waals surface area contributed by atoms with E-state index in [1.165, 1.54) is 11.1 Å². The third kappa shape index (κ3) is 4.50. The standard InChI is InChI=1S/C25H28N2O/c28-25(23-14-8-3-9-15-23)24(22-12-6-2-7-13-22)27-18-16-26(17-19-27)20-21-10-4-1-5-11-21/h1-15,24-25,28H,16-20H2/t24-,25+/m1/s1. The minimum atomic E-state index is -0.538. The van der Waals surface area contributed by atoms with Crippen molar-refractivity contribution in [3.8, 4) is 0 Å². The molecule has 0 spiro atoms. The van der Waals surface area contributed by atoms with Crippen LogP contribution in [-0.2, 0) is 6.54 Å². The van der Waals surface area contributed by atoms with Crippen molar-refractivity contribution < 1.29 is 5.11 Å². The topological polar surface area (TPSA) is 26.7 Å². The largest absolute Gasteiger partial charge is 0.386 e. The highest BCUT2D eigenvalue weighted by molar-refractivity contribution is 5.26. The molecule has 4 rings (SSSR count). The molecule has 2 atom stereocenters. The summed E-state index contributed by atoms with van der Waals surface area (Å²) in [6, 6.07) is 31.1. The fourth-order valence-corrected chi connectivity index (χ4v) is 4.12. The zero-order valence-electron chi connectivity index (χ0n) is 16.2. The molecule has 1 saturated heterocycles. The minimum Gasteiger partial charge on any atom is -0.386 e. The molecule has 1 N–H and O–H groups in total. The van der Waals surface area contributed by atoms with Crippen LogP contribution < -0.4 is 0 Å². The molecule has 144 valence electrons. The Morgan fingerprint density at radius 3 is 1.71 bits per heavy atom. The summed E-state index contributed by atoms with van der Waals surface area (Å²) in [5.41, 5.74) is 3.51. The SMILES string of the molecule is O[C@@H](c1ccccc1)[C@@H](c1ccccc1)N1CCN(Cc2ccccc2)CC1. The Labute approximate surface area is 167 Å². The monoisotopic (exact) mass is 372 g/mol. The maximum absolute atomic E-state index is 11.2. The summed E-state index contributed by atoms with van der Waals surface area (Å²) >= 11 is 0. The summed E-state index contributed by atoms with van der Waals surface area (Å²) in [7, 11) is 0. The maximum atomic E-state index is 11.2. The molecule has 3 nitrogen and oxygen atoms in total. The van der Waals surface area contributed by atoms with E-state index >= 15 is 0 Å². The third-order valence-corrected chi connectivity index (χ3v) is 5.63. The lowest BCUT2D eigenvalue weighted by atomic mass is 9.94. The average molecular weight is 373 g/mol. The number of aliphatic hydroxyl groups is 1. The van der Waals surface area contributed by atoms with Crippen LogP contribution in [0.5, 0.6) is 0 Å². The van der Waals surface area contributed by atoms with Gasteiger partial charge in [-0.3, -0.25) is 9.80 Å². The molecule has 3 aromatic carbocycles. The van der Waals surface area contributed by atoms with Crippen molar-refractivity contribution in [3.05, 3.63) is 108 Å². The first-order valence-corrected chi connectivity index (χ1v) is 10.1. The van der Waals surface area contributed by atoms with Gasteiger partial charge in [0.2, 0.25) is 0 Å². The normalized spacial score (nSPS) is 17.9. The van der Waals surface area contributed by atoms with Crippen molar-refractivity contribution in [2.45, 2.75) is 18.7 Å². The summed E-state index contributed by atoms with van der Waals surface area (Å²) in [4.78, 5) is 4.94. The van der Waals surface area contributed by atoms with Crippen LogP contribution in [0, 0.1) is 0 Å². The van der Waals surface area contributed by atoms with Crippen LogP contribution in [-0.4, -0.2) is 41.1 Å². The van der Waals surface area contributed by atoms with Crippen molar-refractivity contribution >= 4 is 0 Å². The molecule has 0 aliphatic carbocycles. The lowest BCUT2D eigenvalue weighted by molar-refractivity contribution is 0.0149. The Hall–Kier alpha value is -2.46. The molecule has 0 radical (unpaired) electrons. The first-order chi connectivity index (χ1) is 13.8. The lowest BCUT2D eigenvalue weighted by Gasteiger charge is -2.41. The summed E-state index contributed by atoms with van der Waals surface area (Å²) in [5, 5.41) is 11.2. The molecule has 28 heavy (non-hydrogen) atoms. The highest BCUT2D eigenvalue weighted by Crippen LogP contribution is 2.34. The molecular formula is C25H28N2O. The molecule has 0 amide bonds. The number of benzene rings is 3. The number of hydrogen-bond donors (Lipinski definition) is 1. The molecule has 0 aromatic heterocycles. The van der Waals surface area contributed by atoms with Crippen molar-refractivity contribution in [2.24, 2.45) is 0 Å². The zero-order valence-corrected chi connectivity index (χ0v) is 16.2. The van der Waals surface area contributed by atoms with Crippen molar-refractivity contribution in [2.75, 3.05) is 26.2 Å². The molecule has 3 heteroatoms. The second kappa shape index (κ2) is 9.16. The number of nitrogens with zero attached hydrogens (tertiary/aromatic N) is 2. The van der Waals surface area contributed by atoms with Crippen LogP contribution >= 0.6 is 0 Å². The quantitative estimate of drug-likeness (QED) is 0.700. The van der Waals surface area contributed by atoms with E-state index in [2.05, 4.69) is 64.4 Å². The molecular weight excluding hydrogens is 344 g/mol. The van der Waals surface area contributed by atoms with Gasteiger partial charge in [-0.25, -0.2) is 0 Å². The smallest absolute Gasteiger partial charge is 0.0986 e.